The normalized spacial score (nSPS) is 13.5. The van der Waals surface area contributed by atoms with Crippen molar-refractivity contribution >= 4 is 23.3 Å². The number of nitrogens with zero attached hydrogens (tertiary/aromatic N) is 1. The number of aromatic amines is 1. The Morgan fingerprint density at radius 2 is 1.77 bits per heavy atom. The Hall–Kier alpha value is -2.83. The summed E-state index contributed by atoms with van der Waals surface area (Å²) in [5.74, 6) is 0.277. The van der Waals surface area contributed by atoms with E-state index in [9.17, 15) is 9.59 Å². The molecule has 1 heterocycles. The van der Waals surface area contributed by atoms with Gasteiger partial charge in [-0.15, -0.1) is 0 Å². The lowest BCUT2D eigenvalue weighted by atomic mass is 10.2. The second-order valence-electron chi connectivity index (χ2n) is 5.22. The highest BCUT2D eigenvalue weighted by molar-refractivity contribution is 6.03. The molecule has 1 saturated carbocycles. The van der Waals surface area contributed by atoms with Gasteiger partial charge < -0.3 is 16.0 Å². The van der Waals surface area contributed by atoms with Crippen molar-refractivity contribution in [2.45, 2.75) is 18.8 Å². The summed E-state index contributed by atoms with van der Waals surface area (Å²) in [6.45, 7) is 0. The Labute approximate surface area is 127 Å². The second-order valence-corrected chi connectivity index (χ2v) is 5.22. The molecule has 3 rings (SSSR count). The zero-order chi connectivity index (χ0) is 15.5. The third-order valence-corrected chi connectivity index (χ3v) is 3.48. The predicted molar refractivity (Wildman–Crippen MR) is 83.0 cm³/mol. The van der Waals surface area contributed by atoms with Crippen molar-refractivity contribution in [3.05, 3.63) is 41.7 Å². The summed E-state index contributed by atoms with van der Waals surface area (Å²) in [5, 5.41) is 14.8. The van der Waals surface area contributed by atoms with E-state index in [4.69, 9.17) is 0 Å². The number of benzene rings is 1. The van der Waals surface area contributed by atoms with Crippen LogP contribution in [-0.4, -0.2) is 29.2 Å². The third-order valence-electron chi connectivity index (χ3n) is 3.48. The summed E-state index contributed by atoms with van der Waals surface area (Å²) in [6, 6.07) is 8.38. The van der Waals surface area contributed by atoms with E-state index in [1.54, 1.807) is 37.4 Å². The van der Waals surface area contributed by atoms with Crippen molar-refractivity contribution in [1.29, 1.82) is 0 Å². The smallest absolute Gasteiger partial charge is 0.318 e. The standard InChI is InChI=1S/C15H17N5O2/c1-16-15(22)18-11-6-4-10(5-7-11)17-14(21)13-8-12(19-20-13)9-2-3-9/h4-9H,2-3H2,1H3,(H,17,21)(H,19,20)(H2,16,18,22). The van der Waals surface area contributed by atoms with Gasteiger partial charge >= 0.3 is 6.03 Å². The van der Waals surface area contributed by atoms with Crippen molar-refractivity contribution in [3.63, 3.8) is 0 Å². The summed E-state index contributed by atoms with van der Waals surface area (Å²) in [4.78, 5) is 23.3. The maximum absolute atomic E-state index is 12.1. The molecule has 0 bridgehead atoms. The Morgan fingerprint density at radius 1 is 1.14 bits per heavy atom. The molecule has 3 amide bonds. The summed E-state index contributed by atoms with van der Waals surface area (Å²) >= 11 is 0. The fourth-order valence-electron chi connectivity index (χ4n) is 2.08. The summed E-state index contributed by atoms with van der Waals surface area (Å²) in [6.07, 6.45) is 2.31. The van der Waals surface area contributed by atoms with Gasteiger partial charge in [0, 0.05) is 30.0 Å². The number of aromatic nitrogens is 2. The third kappa shape index (κ3) is 3.25. The molecule has 7 nitrogen and oxygen atoms in total. The number of hydrogen-bond donors (Lipinski definition) is 4. The van der Waals surface area contributed by atoms with E-state index in [1.165, 1.54) is 0 Å². The number of rotatable bonds is 4. The first-order valence-corrected chi connectivity index (χ1v) is 7.11. The Kier molecular flexibility index (Phi) is 3.78. The molecule has 114 valence electrons. The van der Waals surface area contributed by atoms with Crippen molar-refractivity contribution in [1.82, 2.24) is 15.5 Å². The zero-order valence-electron chi connectivity index (χ0n) is 12.1. The molecule has 4 N–H and O–H groups in total. The van der Waals surface area contributed by atoms with Crippen molar-refractivity contribution in [2.24, 2.45) is 0 Å². The van der Waals surface area contributed by atoms with Gasteiger partial charge in [-0.25, -0.2) is 4.79 Å². The first-order chi connectivity index (χ1) is 10.7. The topological polar surface area (TPSA) is 98.9 Å². The van der Waals surface area contributed by atoms with Crippen LogP contribution in [0.2, 0.25) is 0 Å². The maximum Gasteiger partial charge on any atom is 0.318 e. The average molecular weight is 299 g/mol. The number of urea groups is 1. The molecule has 1 aliphatic carbocycles. The first kappa shape index (κ1) is 14.1. The Balaban J connectivity index is 1.61. The monoisotopic (exact) mass is 299 g/mol. The van der Waals surface area contributed by atoms with Gasteiger partial charge in [0.2, 0.25) is 0 Å². The molecule has 0 radical (unpaired) electrons. The second kappa shape index (κ2) is 5.88. The number of hydrogen-bond acceptors (Lipinski definition) is 3. The molecule has 1 fully saturated rings. The number of anilines is 2. The minimum absolute atomic E-state index is 0.254. The minimum atomic E-state index is -0.291. The highest BCUT2D eigenvalue weighted by atomic mass is 16.2. The van der Waals surface area contributed by atoms with Crippen LogP contribution in [0, 0.1) is 0 Å². The van der Waals surface area contributed by atoms with Gasteiger partial charge in [0.1, 0.15) is 0 Å². The lowest BCUT2D eigenvalue weighted by molar-refractivity contribution is 0.102. The number of carbonyl (C=O) groups excluding carboxylic acids is 2. The summed E-state index contributed by atoms with van der Waals surface area (Å²) in [7, 11) is 1.55. The molecule has 0 saturated heterocycles. The fraction of sp³-hybridized carbons (Fsp3) is 0.267. The molecular formula is C15H17N5O2. The lowest BCUT2D eigenvalue weighted by Gasteiger charge is -2.06. The molecule has 1 aromatic carbocycles. The van der Waals surface area contributed by atoms with Crippen molar-refractivity contribution < 1.29 is 9.59 Å². The van der Waals surface area contributed by atoms with E-state index >= 15 is 0 Å². The van der Waals surface area contributed by atoms with Crippen LogP contribution in [0.4, 0.5) is 16.2 Å². The van der Waals surface area contributed by atoms with Gasteiger partial charge in [-0.05, 0) is 43.2 Å². The van der Waals surface area contributed by atoms with Crippen molar-refractivity contribution in [3.8, 4) is 0 Å². The van der Waals surface area contributed by atoms with E-state index in [0.29, 0.717) is 23.0 Å². The Morgan fingerprint density at radius 3 is 2.36 bits per heavy atom. The quantitative estimate of drug-likeness (QED) is 0.697. The first-order valence-electron chi connectivity index (χ1n) is 7.11. The predicted octanol–water partition coefficient (Wildman–Crippen LogP) is 2.29. The van der Waals surface area contributed by atoms with Crippen LogP contribution in [0.25, 0.3) is 0 Å². The largest absolute Gasteiger partial charge is 0.341 e. The Bertz CT molecular complexity index is 688. The lowest BCUT2D eigenvalue weighted by Crippen LogP contribution is -2.24. The molecule has 22 heavy (non-hydrogen) atoms. The van der Waals surface area contributed by atoms with Gasteiger partial charge in [0.25, 0.3) is 5.91 Å². The molecule has 0 aliphatic heterocycles. The molecule has 7 heteroatoms. The molecule has 0 spiro atoms. The van der Waals surface area contributed by atoms with Gasteiger partial charge in [0.15, 0.2) is 5.69 Å². The highest BCUT2D eigenvalue weighted by Crippen LogP contribution is 2.39. The van der Waals surface area contributed by atoms with Crippen LogP contribution >= 0.6 is 0 Å². The van der Waals surface area contributed by atoms with Crippen LogP contribution in [0.15, 0.2) is 30.3 Å². The van der Waals surface area contributed by atoms with E-state index in [-0.39, 0.29) is 11.9 Å². The number of amides is 3. The van der Waals surface area contributed by atoms with Crippen molar-refractivity contribution in [2.75, 3.05) is 17.7 Å². The maximum atomic E-state index is 12.1. The molecular weight excluding hydrogens is 282 g/mol. The molecule has 0 atom stereocenters. The summed E-state index contributed by atoms with van der Waals surface area (Å²) in [5.41, 5.74) is 2.70. The zero-order valence-corrected chi connectivity index (χ0v) is 12.1. The van der Waals surface area contributed by atoms with E-state index < -0.39 is 0 Å². The molecule has 2 aromatic rings. The number of H-pyrrole nitrogens is 1. The number of nitrogens with one attached hydrogen (secondary N) is 4. The molecule has 0 unspecified atom stereocenters. The van der Waals surface area contributed by atoms with Gasteiger partial charge in [0.05, 0.1) is 0 Å². The molecule has 1 aliphatic rings. The van der Waals surface area contributed by atoms with Gasteiger partial charge in [-0.3, -0.25) is 9.89 Å². The minimum Gasteiger partial charge on any atom is -0.341 e. The highest BCUT2D eigenvalue weighted by Gasteiger charge is 2.26. The van der Waals surface area contributed by atoms with Gasteiger partial charge in [-0.2, -0.15) is 5.10 Å². The van der Waals surface area contributed by atoms with Gasteiger partial charge in [-0.1, -0.05) is 0 Å². The SMILES string of the molecule is CNC(=O)Nc1ccc(NC(=O)c2cc(C3CC3)[nH]n2)cc1. The van der Waals surface area contributed by atoms with E-state index in [0.717, 1.165) is 18.5 Å². The number of carbonyl (C=O) groups is 2. The fourth-order valence-corrected chi connectivity index (χ4v) is 2.08. The van der Waals surface area contributed by atoms with E-state index in [1.807, 2.05) is 0 Å². The summed E-state index contributed by atoms with van der Waals surface area (Å²) < 4.78 is 0. The van der Waals surface area contributed by atoms with E-state index in [2.05, 4.69) is 26.1 Å². The van der Waals surface area contributed by atoms with Crippen LogP contribution in [0.5, 0.6) is 0 Å². The van der Waals surface area contributed by atoms with Crippen LogP contribution in [0.3, 0.4) is 0 Å². The van der Waals surface area contributed by atoms with Crippen LogP contribution in [-0.2, 0) is 0 Å². The van der Waals surface area contributed by atoms with Crippen LogP contribution < -0.4 is 16.0 Å². The average Bonchev–Trinajstić information content (AvgIpc) is 3.26. The molecule has 1 aromatic heterocycles. The van der Waals surface area contributed by atoms with Crippen LogP contribution in [0.1, 0.15) is 34.9 Å².